The largest absolute Gasteiger partial charge is 0.478 e. The molecule has 0 aliphatic carbocycles. The van der Waals surface area contributed by atoms with Crippen LogP contribution in [0.25, 0.3) is 54.2 Å². The molecule has 2 N–H and O–H groups in total. The van der Waals surface area contributed by atoms with Gasteiger partial charge in [0, 0.05) is 0 Å². The molecule has 0 heterocycles. The van der Waals surface area contributed by atoms with E-state index < -0.39 is 11.9 Å². The fraction of sp³-hybridized carbons (Fsp3) is 0. The number of benzene rings is 6. The number of aromatic carboxylic acids is 2. The lowest BCUT2D eigenvalue weighted by Crippen LogP contribution is -1.99. The van der Waals surface area contributed by atoms with Crippen LogP contribution in [0.5, 0.6) is 0 Å². The summed E-state index contributed by atoms with van der Waals surface area (Å²) in [5, 5.41) is 26.3. The highest BCUT2D eigenvalue weighted by atomic mass is 16.4. The van der Waals surface area contributed by atoms with Crippen LogP contribution in [0, 0.1) is 0 Å². The quantitative estimate of drug-likeness (QED) is 0.281. The number of carboxylic acid groups (broad SMARTS) is 2. The van der Waals surface area contributed by atoms with Crippen LogP contribution in [0.3, 0.4) is 0 Å². The van der Waals surface area contributed by atoms with Crippen molar-refractivity contribution in [3.63, 3.8) is 0 Å². The van der Waals surface area contributed by atoms with Crippen molar-refractivity contribution in [2.75, 3.05) is 0 Å². The van der Waals surface area contributed by atoms with Crippen LogP contribution in [-0.4, -0.2) is 22.2 Å². The molecule has 34 heavy (non-hydrogen) atoms. The molecule has 0 bridgehead atoms. The molecule has 0 saturated heterocycles. The van der Waals surface area contributed by atoms with Crippen LogP contribution in [-0.2, 0) is 0 Å². The smallest absolute Gasteiger partial charge is 0.336 e. The molecule has 162 valence electrons. The molecule has 0 spiro atoms. The zero-order valence-corrected chi connectivity index (χ0v) is 17.9. The number of carboxylic acids is 2. The number of hydrogen-bond acceptors (Lipinski definition) is 2. The van der Waals surface area contributed by atoms with E-state index in [0.717, 1.165) is 38.1 Å². The molecule has 4 heteroatoms. The Labute approximate surface area is 194 Å². The topological polar surface area (TPSA) is 74.6 Å². The van der Waals surface area contributed by atoms with Gasteiger partial charge in [-0.25, -0.2) is 9.59 Å². The number of rotatable bonds is 3. The highest BCUT2D eigenvalue weighted by Gasteiger charge is 2.15. The molecule has 0 amide bonds. The van der Waals surface area contributed by atoms with Gasteiger partial charge in [-0.3, -0.25) is 0 Å². The van der Waals surface area contributed by atoms with Gasteiger partial charge in [-0.2, -0.15) is 0 Å². The molecule has 0 saturated carbocycles. The SMILES string of the molecule is O=C(O)c1cccc2cc3ccc(-c4ccc5cc6ccccc6c(C(=O)O)c5c4)cc3cc12. The molecule has 0 radical (unpaired) electrons. The van der Waals surface area contributed by atoms with Crippen LogP contribution in [0.4, 0.5) is 0 Å². The predicted octanol–water partition coefficient (Wildman–Crippen LogP) is 7.36. The molecule has 6 rings (SSSR count). The van der Waals surface area contributed by atoms with Crippen molar-refractivity contribution in [2.45, 2.75) is 0 Å². The third-order valence-electron chi connectivity index (χ3n) is 6.48. The Kier molecular flexibility index (Phi) is 4.36. The first kappa shape index (κ1) is 19.9. The maximum absolute atomic E-state index is 12.2. The lowest BCUT2D eigenvalue weighted by atomic mass is 9.92. The second-order valence-electron chi connectivity index (χ2n) is 8.46. The highest BCUT2D eigenvalue weighted by Crippen LogP contribution is 2.34. The van der Waals surface area contributed by atoms with E-state index in [1.165, 1.54) is 0 Å². The van der Waals surface area contributed by atoms with Crippen molar-refractivity contribution in [1.29, 1.82) is 0 Å². The van der Waals surface area contributed by atoms with E-state index in [0.29, 0.717) is 21.7 Å². The van der Waals surface area contributed by atoms with Crippen molar-refractivity contribution < 1.29 is 19.8 Å². The molecule has 0 aliphatic rings. The number of fused-ring (bicyclic) bond motifs is 4. The van der Waals surface area contributed by atoms with E-state index in [-0.39, 0.29) is 5.56 Å². The average Bonchev–Trinajstić information content (AvgIpc) is 2.84. The molecule has 0 unspecified atom stereocenters. The molecule has 0 aromatic heterocycles. The molecular formula is C30H18O4. The van der Waals surface area contributed by atoms with Gasteiger partial charge in [0.15, 0.2) is 0 Å². The van der Waals surface area contributed by atoms with Gasteiger partial charge in [-0.1, -0.05) is 60.7 Å². The summed E-state index contributed by atoms with van der Waals surface area (Å²) >= 11 is 0. The van der Waals surface area contributed by atoms with Gasteiger partial charge in [0.1, 0.15) is 0 Å². The minimum Gasteiger partial charge on any atom is -0.478 e. The first-order chi connectivity index (χ1) is 16.5. The van der Waals surface area contributed by atoms with E-state index in [1.54, 1.807) is 12.1 Å². The highest BCUT2D eigenvalue weighted by molar-refractivity contribution is 6.16. The Balaban J connectivity index is 1.58. The first-order valence-corrected chi connectivity index (χ1v) is 10.9. The molecule has 0 aliphatic heterocycles. The van der Waals surface area contributed by atoms with Crippen LogP contribution >= 0.6 is 0 Å². The van der Waals surface area contributed by atoms with Crippen LogP contribution in [0.2, 0.25) is 0 Å². The van der Waals surface area contributed by atoms with Gasteiger partial charge < -0.3 is 10.2 Å². The predicted molar refractivity (Wildman–Crippen MR) is 136 cm³/mol. The van der Waals surface area contributed by atoms with Gasteiger partial charge in [-0.15, -0.1) is 0 Å². The third kappa shape index (κ3) is 3.08. The van der Waals surface area contributed by atoms with E-state index in [2.05, 4.69) is 0 Å². The van der Waals surface area contributed by atoms with Crippen molar-refractivity contribution in [3.05, 3.63) is 108 Å². The van der Waals surface area contributed by atoms with Crippen LogP contribution in [0.15, 0.2) is 97.1 Å². The Morgan fingerprint density at radius 2 is 1.12 bits per heavy atom. The van der Waals surface area contributed by atoms with Crippen LogP contribution in [0.1, 0.15) is 20.7 Å². The van der Waals surface area contributed by atoms with E-state index in [4.69, 9.17) is 0 Å². The van der Waals surface area contributed by atoms with Gasteiger partial charge in [0.2, 0.25) is 0 Å². The molecular weight excluding hydrogens is 424 g/mol. The minimum absolute atomic E-state index is 0.272. The van der Waals surface area contributed by atoms with Gasteiger partial charge in [0.25, 0.3) is 0 Å². The standard InChI is InChI=1S/C30H18O4/c31-29(32)25-7-3-5-21-12-18-9-8-17(13-23(18)16-26(21)25)19-10-11-22-14-20-4-1-2-6-24(20)28(30(33)34)27(22)15-19/h1-16H,(H,31,32)(H,33,34). The summed E-state index contributed by atoms with van der Waals surface area (Å²) in [6.07, 6.45) is 0. The number of hydrogen-bond donors (Lipinski definition) is 2. The second kappa shape index (κ2) is 7.42. The van der Waals surface area contributed by atoms with Crippen LogP contribution < -0.4 is 0 Å². The summed E-state index contributed by atoms with van der Waals surface area (Å²) in [6, 6.07) is 30.6. The average molecular weight is 442 g/mol. The van der Waals surface area contributed by atoms with Crippen molar-refractivity contribution >= 4 is 55.0 Å². The van der Waals surface area contributed by atoms with Gasteiger partial charge >= 0.3 is 11.9 Å². The molecule has 4 nitrogen and oxygen atoms in total. The lowest BCUT2D eigenvalue weighted by Gasteiger charge is -2.11. The van der Waals surface area contributed by atoms with Crippen molar-refractivity contribution in [1.82, 2.24) is 0 Å². The monoisotopic (exact) mass is 442 g/mol. The van der Waals surface area contributed by atoms with E-state index in [1.807, 2.05) is 84.9 Å². The second-order valence-corrected chi connectivity index (χ2v) is 8.46. The fourth-order valence-corrected chi connectivity index (χ4v) is 4.86. The number of carbonyl (C=O) groups is 2. The van der Waals surface area contributed by atoms with Crippen molar-refractivity contribution in [3.8, 4) is 11.1 Å². The normalized spacial score (nSPS) is 11.4. The van der Waals surface area contributed by atoms with Gasteiger partial charge in [-0.05, 0) is 90.6 Å². The Hall–Kier alpha value is -4.70. The van der Waals surface area contributed by atoms with Gasteiger partial charge in [0.05, 0.1) is 11.1 Å². The summed E-state index contributed by atoms with van der Waals surface area (Å²) in [4.78, 5) is 23.9. The van der Waals surface area contributed by atoms with E-state index in [9.17, 15) is 19.8 Å². The lowest BCUT2D eigenvalue weighted by molar-refractivity contribution is 0.0689. The summed E-state index contributed by atoms with van der Waals surface area (Å²) < 4.78 is 0. The Bertz CT molecular complexity index is 1810. The maximum Gasteiger partial charge on any atom is 0.336 e. The summed E-state index contributed by atoms with van der Waals surface area (Å²) in [6.45, 7) is 0. The molecule has 0 atom stereocenters. The maximum atomic E-state index is 12.2. The molecule has 0 fully saturated rings. The zero-order chi connectivity index (χ0) is 23.4. The Morgan fingerprint density at radius 1 is 0.471 bits per heavy atom. The molecule has 6 aromatic carbocycles. The van der Waals surface area contributed by atoms with Crippen molar-refractivity contribution in [2.24, 2.45) is 0 Å². The fourth-order valence-electron chi connectivity index (χ4n) is 4.86. The summed E-state index contributed by atoms with van der Waals surface area (Å²) in [5.41, 5.74) is 2.41. The zero-order valence-electron chi connectivity index (χ0n) is 17.9. The first-order valence-electron chi connectivity index (χ1n) is 10.9. The summed E-state index contributed by atoms with van der Waals surface area (Å²) in [7, 11) is 0. The molecule has 6 aromatic rings. The van der Waals surface area contributed by atoms with E-state index >= 15 is 0 Å². The minimum atomic E-state index is -0.955. The summed E-state index contributed by atoms with van der Waals surface area (Å²) in [5.74, 6) is -1.91. The Morgan fingerprint density at radius 3 is 1.91 bits per heavy atom. The third-order valence-corrected chi connectivity index (χ3v) is 6.48.